The molecule has 94 valence electrons. The van der Waals surface area contributed by atoms with Gasteiger partial charge in [-0.3, -0.25) is 0 Å². The lowest BCUT2D eigenvalue weighted by Crippen LogP contribution is -2.08. The third kappa shape index (κ3) is 2.99. The molecule has 0 saturated carbocycles. The van der Waals surface area contributed by atoms with Crippen LogP contribution < -0.4 is 16.0 Å². The smallest absolute Gasteiger partial charge is 0.143 e. The summed E-state index contributed by atoms with van der Waals surface area (Å²) in [4.78, 5) is 4.03. The number of nitrogen functional groups attached to an aromatic ring is 1. The largest absolute Gasteiger partial charge is 0.457 e. The lowest BCUT2D eigenvalue weighted by molar-refractivity contribution is 0.481. The molecule has 0 saturated heterocycles. The molecule has 2 rings (SSSR count). The highest BCUT2D eigenvalue weighted by Crippen LogP contribution is 2.25. The van der Waals surface area contributed by atoms with Gasteiger partial charge in [-0.15, -0.1) is 0 Å². The lowest BCUT2D eigenvalue weighted by atomic mass is 10.0. The van der Waals surface area contributed by atoms with Crippen LogP contribution in [0.4, 0.5) is 5.82 Å². The number of nitrogens with one attached hydrogen (secondary N) is 1. The minimum atomic E-state index is 0.479. The van der Waals surface area contributed by atoms with Crippen LogP contribution in [0.2, 0.25) is 0 Å². The van der Waals surface area contributed by atoms with Crippen molar-refractivity contribution in [2.24, 2.45) is 5.84 Å². The molecular weight excluding hydrogens is 226 g/mol. The van der Waals surface area contributed by atoms with Crippen LogP contribution in [0.3, 0.4) is 0 Å². The normalized spacial score (nSPS) is 10.4. The Balaban J connectivity index is 2.20. The Hall–Kier alpha value is -2.07. The van der Waals surface area contributed by atoms with E-state index in [1.165, 1.54) is 5.56 Å². The SMILES string of the molecule is CC(C)c1cccc(Oc2ccnc(NN)c2)c1. The number of hydrogen-bond donors (Lipinski definition) is 2. The molecule has 4 heteroatoms. The molecule has 0 spiro atoms. The first kappa shape index (κ1) is 12.4. The van der Waals surface area contributed by atoms with Crippen molar-refractivity contribution in [1.29, 1.82) is 0 Å². The summed E-state index contributed by atoms with van der Waals surface area (Å²) in [5, 5.41) is 0. The molecule has 0 bridgehead atoms. The molecule has 0 fully saturated rings. The van der Waals surface area contributed by atoms with Crippen LogP contribution in [0.1, 0.15) is 25.3 Å². The Labute approximate surface area is 107 Å². The first-order valence-electron chi connectivity index (χ1n) is 5.89. The van der Waals surface area contributed by atoms with Crippen LogP contribution in [0, 0.1) is 0 Å². The summed E-state index contributed by atoms with van der Waals surface area (Å²) in [5.74, 6) is 7.89. The van der Waals surface area contributed by atoms with Gasteiger partial charge in [0.2, 0.25) is 0 Å². The summed E-state index contributed by atoms with van der Waals surface area (Å²) in [6.07, 6.45) is 1.65. The van der Waals surface area contributed by atoms with E-state index in [4.69, 9.17) is 10.6 Å². The molecule has 0 aliphatic rings. The molecule has 0 amide bonds. The zero-order chi connectivity index (χ0) is 13.0. The van der Waals surface area contributed by atoms with Crippen molar-refractivity contribution in [3.8, 4) is 11.5 Å². The van der Waals surface area contributed by atoms with E-state index in [1.54, 1.807) is 18.3 Å². The van der Waals surface area contributed by atoms with Gasteiger partial charge in [0.1, 0.15) is 17.3 Å². The summed E-state index contributed by atoms with van der Waals surface area (Å²) < 4.78 is 5.78. The van der Waals surface area contributed by atoms with Crippen molar-refractivity contribution in [2.45, 2.75) is 19.8 Å². The Kier molecular flexibility index (Phi) is 3.79. The minimum Gasteiger partial charge on any atom is -0.457 e. The summed E-state index contributed by atoms with van der Waals surface area (Å²) in [7, 11) is 0. The maximum Gasteiger partial charge on any atom is 0.143 e. The average molecular weight is 243 g/mol. The van der Waals surface area contributed by atoms with E-state index in [0.29, 0.717) is 17.5 Å². The second-order valence-corrected chi connectivity index (χ2v) is 4.35. The van der Waals surface area contributed by atoms with Crippen LogP contribution in [0.15, 0.2) is 42.6 Å². The van der Waals surface area contributed by atoms with E-state index in [0.717, 1.165) is 5.75 Å². The fourth-order valence-corrected chi connectivity index (χ4v) is 1.63. The van der Waals surface area contributed by atoms with E-state index in [2.05, 4.69) is 30.3 Å². The number of nitrogens with two attached hydrogens (primary N) is 1. The molecule has 3 N–H and O–H groups in total. The fourth-order valence-electron chi connectivity index (χ4n) is 1.63. The van der Waals surface area contributed by atoms with E-state index in [1.807, 2.05) is 18.2 Å². The summed E-state index contributed by atoms with van der Waals surface area (Å²) >= 11 is 0. The molecule has 0 unspecified atom stereocenters. The first-order chi connectivity index (χ1) is 8.69. The van der Waals surface area contributed by atoms with Crippen LogP contribution in [-0.2, 0) is 0 Å². The molecule has 18 heavy (non-hydrogen) atoms. The Bertz CT molecular complexity index is 526. The number of hydrogen-bond acceptors (Lipinski definition) is 4. The van der Waals surface area contributed by atoms with E-state index < -0.39 is 0 Å². The number of benzene rings is 1. The molecular formula is C14H17N3O. The van der Waals surface area contributed by atoms with Gasteiger partial charge in [-0.2, -0.15) is 0 Å². The van der Waals surface area contributed by atoms with E-state index in [9.17, 15) is 0 Å². The highest BCUT2D eigenvalue weighted by atomic mass is 16.5. The second kappa shape index (κ2) is 5.51. The highest BCUT2D eigenvalue weighted by Gasteiger charge is 2.03. The summed E-state index contributed by atoms with van der Waals surface area (Å²) in [6.45, 7) is 4.31. The molecule has 0 atom stereocenters. The number of ether oxygens (including phenoxy) is 1. The summed E-state index contributed by atoms with van der Waals surface area (Å²) in [6, 6.07) is 11.6. The number of nitrogens with zero attached hydrogens (tertiary/aromatic N) is 1. The molecule has 1 aromatic carbocycles. The Morgan fingerprint density at radius 1 is 1.17 bits per heavy atom. The second-order valence-electron chi connectivity index (χ2n) is 4.35. The van der Waals surface area contributed by atoms with Gasteiger partial charge in [0, 0.05) is 12.3 Å². The molecule has 4 nitrogen and oxygen atoms in total. The van der Waals surface area contributed by atoms with Crippen molar-refractivity contribution in [1.82, 2.24) is 4.98 Å². The van der Waals surface area contributed by atoms with Gasteiger partial charge in [-0.05, 0) is 29.7 Å². The van der Waals surface area contributed by atoms with Crippen LogP contribution >= 0.6 is 0 Å². The maximum atomic E-state index is 5.78. The fraction of sp³-hybridized carbons (Fsp3) is 0.214. The number of pyridine rings is 1. The number of anilines is 1. The topological polar surface area (TPSA) is 60.2 Å². The molecule has 1 aromatic heterocycles. The first-order valence-corrected chi connectivity index (χ1v) is 5.89. The monoisotopic (exact) mass is 243 g/mol. The van der Waals surface area contributed by atoms with Gasteiger partial charge < -0.3 is 10.2 Å². The van der Waals surface area contributed by atoms with Gasteiger partial charge in [0.15, 0.2) is 0 Å². The van der Waals surface area contributed by atoms with E-state index >= 15 is 0 Å². The van der Waals surface area contributed by atoms with Crippen molar-refractivity contribution in [2.75, 3.05) is 5.43 Å². The van der Waals surface area contributed by atoms with Gasteiger partial charge in [0.25, 0.3) is 0 Å². The minimum absolute atomic E-state index is 0.479. The maximum absolute atomic E-state index is 5.78. The lowest BCUT2D eigenvalue weighted by Gasteiger charge is -2.10. The van der Waals surface area contributed by atoms with Gasteiger partial charge >= 0.3 is 0 Å². The van der Waals surface area contributed by atoms with E-state index in [-0.39, 0.29) is 0 Å². The molecule has 2 aromatic rings. The number of hydrazine groups is 1. The van der Waals surface area contributed by atoms with Crippen molar-refractivity contribution < 1.29 is 4.74 Å². The summed E-state index contributed by atoms with van der Waals surface area (Å²) in [5.41, 5.74) is 3.74. The van der Waals surface area contributed by atoms with Crippen LogP contribution in [0.5, 0.6) is 11.5 Å². The number of rotatable bonds is 4. The standard InChI is InChI=1S/C14H17N3O/c1-10(2)11-4-3-5-12(8-11)18-13-6-7-16-14(9-13)17-15/h3-10H,15H2,1-2H3,(H,16,17). The van der Waals surface area contributed by atoms with Gasteiger partial charge in [0.05, 0.1) is 0 Å². The van der Waals surface area contributed by atoms with Crippen LogP contribution in [0.25, 0.3) is 0 Å². The Morgan fingerprint density at radius 2 is 1.94 bits per heavy atom. The van der Waals surface area contributed by atoms with Crippen LogP contribution in [-0.4, -0.2) is 4.98 Å². The quantitative estimate of drug-likeness (QED) is 0.639. The Morgan fingerprint density at radius 3 is 2.67 bits per heavy atom. The predicted molar refractivity (Wildman–Crippen MR) is 72.7 cm³/mol. The van der Waals surface area contributed by atoms with Crippen molar-refractivity contribution in [3.63, 3.8) is 0 Å². The zero-order valence-corrected chi connectivity index (χ0v) is 10.6. The predicted octanol–water partition coefficient (Wildman–Crippen LogP) is 3.28. The molecule has 0 aliphatic carbocycles. The highest BCUT2D eigenvalue weighted by molar-refractivity contribution is 5.42. The molecule has 1 heterocycles. The van der Waals surface area contributed by atoms with Gasteiger partial charge in [-0.1, -0.05) is 26.0 Å². The average Bonchev–Trinajstić information content (AvgIpc) is 2.39. The third-order valence-corrected chi connectivity index (χ3v) is 2.64. The zero-order valence-electron chi connectivity index (χ0n) is 10.6. The van der Waals surface area contributed by atoms with Gasteiger partial charge in [-0.25, -0.2) is 10.8 Å². The molecule has 0 radical (unpaired) electrons. The number of aromatic nitrogens is 1. The van der Waals surface area contributed by atoms with Crippen molar-refractivity contribution in [3.05, 3.63) is 48.2 Å². The molecule has 0 aliphatic heterocycles. The third-order valence-electron chi connectivity index (χ3n) is 2.64. The van der Waals surface area contributed by atoms with Crippen molar-refractivity contribution >= 4 is 5.82 Å².